The third kappa shape index (κ3) is 2.75. The fourth-order valence-electron chi connectivity index (χ4n) is 3.99. The zero-order chi connectivity index (χ0) is 18.3. The number of fused-ring (bicyclic) bond motifs is 1. The quantitative estimate of drug-likeness (QED) is 0.736. The Hall–Kier alpha value is -2.93. The smallest absolute Gasteiger partial charge is 0.159 e. The van der Waals surface area contributed by atoms with Crippen LogP contribution in [-0.2, 0) is 11.4 Å². The van der Waals surface area contributed by atoms with Gasteiger partial charge in [-0.15, -0.1) is 0 Å². The van der Waals surface area contributed by atoms with E-state index in [0.717, 1.165) is 53.2 Å². The first-order valence-corrected chi connectivity index (χ1v) is 9.48. The molecule has 0 aromatic carbocycles. The third-order valence-electron chi connectivity index (χ3n) is 5.40. The van der Waals surface area contributed by atoms with E-state index in [4.69, 9.17) is 4.84 Å². The summed E-state index contributed by atoms with van der Waals surface area (Å²) in [7, 11) is 0. The molecule has 138 valence electrons. The van der Waals surface area contributed by atoms with Crippen LogP contribution in [0.4, 0.5) is 11.5 Å². The predicted molar refractivity (Wildman–Crippen MR) is 104 cm³/mol. The SMILES string of the molecule is CCn1ncc2c(Nc3ccccn3)c(C3=CC4(CCCC4)ON3)cnc21. The molecule has 0 unspecified atom stereocenters. The third-order valence-corrected chi connectivity index (χ3v) is 5.40. The van der Waals surface area contributed by atoms with E-state index in [2.05, 4.69) is 38.9 Å². The highest BCUT2D eigenvalue weighted by Gasteiger charge is 2.38. The predicted octanol–water partition coefficient (Wildman–Crippen LogP) is 3.78. The average molecular weight is 362 g/mol. The topological polar surface area (TPSA) is 76.9 Å². The summed E-state index contributed by atoms with van der Waals surface area (Å²) in [5.74, 6) is 0.783. The lowest BCUT2D eigenvalue weighted by Crippen LogP contribution is -2.25. The van der Waals surface area contributed by atoms with Crippen molar-refractivity contribution in [3.05, 3.63) is 48.4 Å². The molecule has 1 saturated carbocycles. The van der Waals surface area contributed by atoms with E-state index in [0.29, 0.717) is 0 Å². The lowest BCUT2D eigenvalue weighted by Gasteiger charge is -2.17. The molecule has 2 aliphatic rings. The average Bonchev–Trinajstić information content (AvgIpc) is 3.44. The zero-order valence-electron chi connectivity index (χ0n) is 15.3. The Morgan fingerprint density at radius 1 is 1.22 bits per heavy atom. The Morgan fingerprint density at radius 2 is 2.11 bits per heavy atom. The lowest BCUT2D eigenvalue weighted by atomic mass is 9.99. The molecule has 0 saturated heterocycles. The van der Waals surface area contributed by atoms with Gasteiger partial charge in [0.1, 0.15) is 11.4 Å². The van der Waals surface area contributed by atoms with Gasteiger partial charge < -0.3 is 5.32 Å². The summed E-state index contributed by atoms with van der Waals surface area (Å²) in [5, 5.41) is 8.91. The van der Waals surface area contributed by atoms with Crippen molar-refractivity contribution >= 4 is 28.2 Å². The van der Waals surface area contributed by atoms with E-state index < -0.39 is 0 Å². The fraction of sp³-hybridized carbons (Fsp3) is 0.350. The summed E-state index contributed by atoms with van der Waals surface area (Å²) in [6.07, 6.45) is 12.2. The second kappa shape index (κ2) is 6.35. The van der Waals surface area contributed by atoms with Crippen LogP contribution in [0.15, 0.2) is 42.9 Å². The van der Waals surface area contributed by atoms with E-state index in [9.17, 15) is 0 Å². The van der Waals surface area contributed by atoms with E-state index in [1.54, 1.807) is 6.20 Å². The highest BCUT2D eigenvalue weighted by Crippen LogP contribution is 2.41. The minimum atomic E-state index is -0.180. The Balaban J connectivity index is 1.64. The summed E-state index contributed by atoms with van der Waals surface area (Å²) in [6, 6.07) is 5.82. The van der Waals surface area contributed by atoms with E-state index >= 15 is 0 Å². The summed E-state index contributed by atoms with van der Waals surface area (Å²) < 4.78 is 1.90. The van der Waals surface area contributed by atoms with Crippen LogP contribution in [0.3, 0.4) is 0 Å². The number of pyridine rings is 2. The standard InChI is InChI=1S/C20H22N6O/c1-2-26-19-15(13-23-26)18(24-17-7-3-6-10-21-17)14(12-22-19)16-11-20(27-25-16)8-4-5-9-20/h3,6-7,10-13,25H,2,4-5,8-9H2,1H3,(H,21,22,24). The normalized spacial score (nSPS) is 18.0. The molecule has 1 aliphatic carbocycles. The van der Waals surface area contributed by atoms with Gasteiger partial charge in [0.25, 0.3) is 0 Å². The molecular weight excluding hydrogens is 340 g/mol. The van der Waals surface area contributed by atoms with Crippen LogP contribution in [0.2, 0.25) is 0 Å². The van der Waals surface area contributed by atoms with Gasteiger partial charge in [-0.3, -0.25) is 10.3 Å². The number of aromatic nitrogens is 4. The molecule has 3 aromatic rings. The second-order valence-electron chi connectivity index (χ2n) is 7.12. The van der Waals surface area contributed by atoms with E-state index in [1.165, 1.54) is 12.8 Å². The van der Waals surface area contributed by atoms with Gasteiger partial charge in [0, 0.05) is 24.5 Å². The molecule has 2 N–H and O–H groups in total. The Morgan fingerprint density at radius 3 is 2.89 bits per heavy atom. The second-order valence-corrected chi connectivity index (χ2v) is 7.12. The number of hydroxylamine groups is 1. The first-order chi connectivity index (χ1) is 13.3. The number of rotatable bonds is 4. The van der Waals surface area contributed by atoms with Gasteiger partial charge in [-0.05, 0) is 38.0 Å². The molecule has 0 amide bonds. The van der Waals surface area contributed by atoms with Gasteiger partial charge in [-0.2, -0.15) is 5.10 Å². The molecule has 1 fully saturated rings. The van der Waals surface area contributed by atoms with E-state index in [-0.39, 0.29) is 5.60 Å². The van der Waals surface area contributed by atoms with Crippen molar-refractivity contribution in [3.8, 4) is 0 Å². The number of nitrogens with one attached hydrogen (secondary N) is 2. The highest BCUT2D eigenvalue weighted by atomic mass is 16.7. The monoisotopic (exact) mass is 362 g/mol. The molecule has 4 heterocycles. The minimum Gasteiger partial charge on any atom is -0.339 e. The fourth-order valence-corrected chi connectivity index (χ4v) is 3.99. The molecule has 1 spiro atoms. The molecule has 27 heavy (non-hydrogen) atoms. The van der Waals surface area contributed by atoms with Crippen LogP contribution in [-0.4, -0.2) is 25.3 Å². The van der Waals surface area contributed by atoms with Crippen LogP contribution in [0.1, 0.15) is 38.2 Å². The molecule has 3 aromatic heterocycles. The van der Waals surface area contributed by atoms with Crippen LogP contribution in [0.25, 0.3) is 16.7 Å². The summed E-state index contributed by atoms with van der Waals surface area (Å²) >= 11 is 0. The number of nitrogens with zero attached hydrogens (tertiary/aromatic N) is 4. The highest BCUT2D eigenvalue weighted by molar-refractivity contribution is 5.97. The summed E-state index contributed by atoms with van der Waals surface area (Å²) in [5.41, 5.74) is 6.69. The maximum Gasteiger partial charge on any atom is 0.159 e. The van der Waals surface area contributed by atoms with Crippen molar-refractivity contribution in [1.29, 1.82) is 0 Å². The van der Waals surface area contributed by atoms with Crippen LogP contribution in [0, 0.1) is 0 Å². The van der Waals surface area contributed by atoms with Gasteiger partial charge in [-0.25, -0.2) is 14.6 Å². The van der Waals surface area contributed by atoms with Gasteiger partial charge in [0.15, 0.2) is 5.65 Å². The largest absolute Gasteiger partial charge is 0.339 e. The number of aryl methyl sites for hydroxylation is 1. The van der Waals surface area contributed by atoms with Gasteiger partial charge in [0.2, 0.25) is 0 Å². The molecule has 7 nitrogen and oxygen atoms in total. The molecular formula is C20H22N6O. The Labute approximate surface area is 157 Å². The Bertz CT molecular complexity index is 1000. The molecule has 7 heteroatoms. The number of hydrogen-bond acceptors (Lipinski definition) is 6. The number of hydrogen-bond donors (Lipinski definition) is 2. The van der Waals surface area contributed by atoms with Gasteiger partial charge in [0.05, 0.1) is 23.0 Å². The molecule has 1 aliphatic heterocycles. The van der Waals surface area contributed by atoms with Gasteiger partial charge >= 0.3 is 0 Å². The van der Waals surface area contributed by atoms with Crippen molar-refractivity contribution < 1.29 is 4.84 Å². The van der Waals surface area contributed by atoms with Crippen molar-refractivity contribution in [2.24, 2.45) is 0 Å². The Kier molecular flexibility index (Phi) is 3.82. The summed E-state index contributed by atoms with van der Waals surface area (Å²) in [6.45, 7) is 2.83. The zero-order valence-corrected chi connectivity index (χ0v) is 15.3. The maximum absolute atomic E-state index is 5.98. The molecule has 0 atom stereocenters. The van der Waals surface area contributed by atoms with Crippen molar-refractivity contribution in [2.45, 2.75) is 44.8 Å². The molecule has 0 bridgehead atoms. The van der Waals surface area contributed by atoms with Crippen molar-refractivity contribution in [2.75, 3.05) is 5.32 Å². The van der Waals surface area contributed by atoms with Crippen molar-refractivity contribution in [3.63, 3.8) is 0 Å². The minimum absolute atomic E-state index is 0.180. The summed E-state index contributed by atoms with van der Waals surface area (Å²) in [4.78, 5) is 15.1. The van der Waals surface area contributed by atoms with Crippen LogP contribution in [0.5, 0.6) is 0 Å². The van der Waals surface area contributed by atoms with Crippen LogP contribution < -0.4 is 10.8 Å². The first kappa shape index (κ1) is 16.3. The van der Waals surface area contributed by atoms with E-state index in [1.807, 2.05) is 35.3 Å². The maximum atomic E-state index is 5.98. The first-order valence-electron chi connectivity index (χ1n) is 9.48. The molecule has 5 rings (SSSR count). The number of anilines is 2. The van der Waals surface area contributed by atoms with Crippen molar-refractivity contribution in [1.82, 2.24) is 25.2 Å². The molecule has 0 radical (unpaired) electrons. The lowest BCUT2D eigenvalue weighted by molar-refractivity contribution is -0.0289. The van der Waals surface area contributed by atoms with Crippen LogP contribution >= 0.6 is 0 Å². The van der Waals surface area contributed by atoms with Gasteiger partial charge in [-0.1, -0.05) is 18.9 Å².